The number of carbonyl (C=O) groups excluding carboxylic acids is 1. The topological polar surface area (TPSA) is 70.3 Å². The predicted molar refractivity (Wildman–Crippen MR) is 115 cm³/mol. The summed E-state index contributed by atoms with van der Waals surface area (Å²) in [7, 11) is 0. The lowest BCUT2D eigenvalue weighted by Crippen LogP contribution is -2.29. The van der Waals surface area contributed by atoms with E-state index in [-0.39, 0.29) is 5.91 Å². The predicted octanol–water partition coefficient (Wildman–Crippen LogP) is 5.76. The maximum atomic E-state index is 12.8. The van der Waals surface area contributed by atoms with Crippen molar-refractivity contribution >= 4 is 49.7 Å². The third kappa shape index (κ3) is 3.65. The molecule has 0 spiro atoms. The highest BCUT2D eigenvalue weighted by atomic mass is 79.9. The summed E-state index contributed by atoms with van der Waals surface area (Å²) in [5.74, 6) is -0.252. The lowest BCUT2D eigenvalue weighted by atomic mass is 10.1. The van der Waals surface area contributed by atoms with Crippen molar-refractivity contribution in [2.45, 2.75) is 19.9 Å². The van der Waals surface area contributed by atoms with Gasteiger partial charge < -0.3 is 0 Å². The van der Waals surface area contributed by atoms with Crippen molar-refractivity contribution < 1.29 is 4.79 Å². The molecule has 0 unspecified atom stereocenters. The Bertz CT molecular complexity index is 1090. The third-order valence-electron chi connectivity index (χ3n) is 4.25. The fraction of sp³-hybridized carbons (Fsp3) is 0.150. The fourth-order valence-corrected chi connectivity index (χ4v) is 3.85. The molecule has 0 bridgehead atoms. The second-order valence-corrected chi connectivity index (χ2v) is 8.03. The Morgan fingerprint density at radius 3 is 2.61 bits per heavy atom. The van der Waals surface area contributed by atoms with Gasteiger partial charge >= 0.3 is 0 Å². The van der Waals surface area contributed by atoms with Crippen LogP contribution in [-0.2, 0) is 4.79 Å². The highest BCUT2D eigenvalue weighted by molar-refractivity contribution is 9.10. The molecule has 1 atom stereocenters. The quantitative estimate of drug-likeness (QED) is 0.471. The maximum absolute atomic E-state index is 12.8. The number of azo groups is 1. The fourth-order valence-electron chi connectivity index (χ4n) is 2.70. The van der Waals surface area contributed by atoms with Crippen LogP contribution in [0.3, 0.4) is 0 Å². The second kappa shape index (κ2) is 7.73. The summed E-state index contributed by atoms with van der Waals surface area (Å²) in [6.45, 7) is 3.81. The largest absolute Gasteiger partial charge is 0.282 e. The molecule has 0 saturated heterocycles. The number of hydrogen-bond acceptors (Lipinski definition) is 6. The Balaban J connectivity index is 1.55. The molecule has 0 N–H and O–H groups in total. The number of anilines is 1. The van der Waals surface area contributed by atoms with Gasteiger partial charge in [0.2, 0.25) is 5.13 Å². The average Bonchev–Trinajstić information content (AvgIpc) is 3.27. The normalized spacial score (nSPS) is 16.8. The molecule has 0 fully saturated rings. The minimum atomic E-state index is -0.737. The van der Waals surface area contributed by atoms with Gasteiger partial charge in [-0.25, -0.2) is 4.98 Å². The standard InChI is InChI=1S/C20H16BrN5OS/c1-12-7-9-14(10-8-12)17-11-28-20(22-17)26-19(27)18(13(2)25-26)24-23-16-6-4-3-5-15(16)21/h3-11,18H,1-2H3/t18-/m0/s1. The van der Waals surface area contributed by atoms with Crippen molar-refractivity contribution in [3.63, 3.8) is 0 Å². The van der Waals surface area contributed by atoms with Gasteiger partial charge in [-0.3, -0.25) is 4.79 Å². The number of amides is 1. The van der Waals surface area contributed by atoms with Crippen LogP contribution in [0.15, 0.2) is 73.7 Å². The van der Waals surface area contributed by atoms with E-state index in [1.165, 1.54) is 21.9 Å². The molecule has 8 heteroatoms. The average molecular weight is 454 g/mol. The first kappa shape index (κ1) is 18.6. The minimum absolute atomic E-state index is 0.252. The number of aromatic nitrogens is 1. The van der Waals surface area contributed by atoms with Crippen LogP contribution in [0.4, 0.5) is 10.8 Å². The lowest BCUT2D eigenvalue weighted by Gasteiger charge is -2.08. The van der Waals surface area contributed by atoms with Crippen LogP contribution < -0.4 is 5.01 Å². The number of hydrogen-bond donors (Lipinski definition) is 0. The molecular formula is C20H16BrN5OS. The monoisotopic (exact) mass is 453 g/mol. The molecule has 140 valence electrons. The molecule has 1 aliphatic rings. The van der Waals surface area contributed by atoms with Crippen LogP contribution in [0.1, 0.15) is 12.5 Å². The Kier molecular flexibility index (Phi) is 5.15. The number of rotatable bonds is 4. The Labute approximate surface area is 174 Å². The van der Waals surface area contributed by atoms with Gasteiger partial charge in [0.1, 0.15) is 0 Å². The molecule has 6 nitrogen and oxygen atoms in total. The maximum Gasteiger partial charge on any atom is 0.282 e. The van der Waals surface area contributed by atoms with Crippen LogP contribution in [0.5, 0.6) is 0 Å². The molecule has 1 aliphatic heterocycles. The minimum Gasteiger partial charge on any atom is -0.269 e. The SMILES string of the molecule is CC1=NN(c2nc(-c3ccc(C)cc3)cs2)C(=O)[C@H]1N=Nc1ccccc1Br. The molecule has 2 aromatic carbocycles. The van der Waals surface area contributed by atoms with E-state index in [2.05, 4.69) is 36.2 Å². The van der Waals surface area contributed by atoms with E-state index in [0.29, 0.717) is 16.5 Å². The highest BCUT2D eigenvalue weighted by Crippen LogP contribution is 2.31. The van der Waals surface area contributed by atoms with Crippen LogP contribution in [-0.4, -0.2) is 22.6 Å². The zero-order valence-electron chi connectivity index (χ0n) is 15.2. The Morgan fingerprint density at radius 1 is 1.11 bits per heavy atom. The lowest BCUT2D eigenvalue weighted by molar-refractivity contribution is -0.117. The smallest absolute Gasteiger partial charge is 0.269 e. The van der Waals surface area contributed by atoms with Crippen molar-refractivity contribution in [1.29, 1.82) is 0 Å². The van der Waals surface area contributed by atoms with Crippen LogP contribution in [0.25, 0.3) is 11.3 Å². The number of halogens is 1. The number of nitrogens with zero attached hydrogens (tertiary/aromatic N) is 5. The van der Waals surface area contributed by atoms with Crippen molar-refractivity contribution in [2.24, 2.45) is 15.3 Å². The molecule has 0 aliphatic carbocycles. The number of hydrazone groups is 1. The van der Waals surface area contributed by atoms with E-state index < -0.39 is 6.04 Å². The van der Waals surface area contributed by atoms with Crippen LogP contribution >= 0.6 is 27.3 Å². The number of aryl methyl sites for hydroxylation is 1. The number of thiazole rings is 1. The summed E-state index contributed by atoms with van der Waals surface area (Å²) < 4.78 is 0.818. The molecule has 28 heavy (non-hydrogen) atoms. The molecule has 1 amide bonds. The first-order chi connectivity index (χ1) is 13.5. The molecule has 0 radical (unpaired) electrons. The molecule has 3 aromatic rings. The van der Waals surface area contributed by atoms with Gasteiger partial charge in [0.05, 0.1) is 17.1 Å². The van der Waals surface area contributed by atoms with Crippen molar-refractivity contribution in [1.82, 2.24) is 4.98 Å². The summed E-state index contributed by atoms with van der Waals surface area (Å²) in [6, 6.07) is 14.8. The molecular weight excluding hydrogens is 438 g/mol. The van der Waals surface area contributed by atoms with E-state index in [1.54, 1.807) is 6.92 Å². The van der Waals surface area contributed by atoms with E-state index >= 15 is 0 Å². The summed E-state index contributed by atoms with van der Waals surface area (Å²) >= 11 is 4.80. The first-order valence-electron chi connectivity index (χ1n) is 8.60. The summed E-state index contributed by atoms with van der Waals surface area (Å²) in [4.78, 5) is 17.4. The second-order valence-electron chi connectivity index (χ2n) is 6.34. The van der Waals surface area contributed by atoms with Gasteiger partial charge in [-0.1, -0.05) is 42.0 Å². The van der Waals surface area contributed by atoms with E-state index in [1.807, 2.05) is 60.8 Å². The van der Waals surface area contributed by atoms with E-state index in [0.717, 1.165) is 15.7 Å². The summed E-state index contributed by atoms with van der Waals surface area (Å²) in [5, 5.41) is 16.6. The van der Waals surface area contributed by atoms with Gasteiger partial charge in [-0.2, -0.15) is 20.3 Å². The zero-order chi connectivity index (χ0) is 19.7. The Morgan fingerprint density at radius 2 is 1.86 bits per heavy atom. The third-order valence-corrected chi connectivity index (χ3v) is 5.74. The van der Waals surface area contributed by atoms with E-state index in [4.69, 9.17) is 0 Å². The summed E-state index contributed by atoms with van der Waals surface area (Å²) in [5.41, 5.74) is 4.27. The van der Waals surface area contributed by atoms with Crippen LogP contribution in [0.2, 0.25) is 0 Å². The molecule has 0 saturated carbocycles. The molecule has 1 aromatic heterocycles. The van der Waals surface area contributed by atoms with Gasteiger partial charge in [0, 0.05) is 15.4 Å². The summed E-state index contributed by atoms with van der Waals surface area (Å²) in [6.07, 6.45) is 0. The van der Waals surface area contributed by atoms with Gasteiger partial charge in [0.25, 0.3) is 5.91 Å². The van der Waals surface area contributed by atoms with Crippen molar-refractivity contribution in [3.8, 4) is 11.3 Å². The van der Waals surface area contributed by atoms with Gasteiger partial charge in [-0.05, 0) is 41.9 Å². The van der Waals surface area contributed by atoms with Gasteiger partial charge in [0.15, 0.2) is 6.04 Å². The number of carbonyl (C=O) groups is 1. The van der Waals surface area contributed by atoms with Crippen molar-refractivity contribution in [2.75, 3.05) is 5.01 Å². The highest BCUT2D eigenvalue weighted by Gasteiger charge is 2.36. The Hall–Kier alpha value is -2.71. The zero-order valence-corrected chi connectivity index (χ0v) is 17.6. The van der Waals surface area contributed by atoms with Crippen LogP contribution in [0, 0.1) is 6.92 Å². The van der Waals surface area contributed by atoms with E-state index in [9.17, 15) is 4.79 Å². The van der Waals surface area contributed by atoms with Gasteiger partial charge in [-0.15, -0.1) is 11.3 Å². The number of benzene rings is 2. The molecule has 4 rings (SSSR count). The molecule has 2 heterocycles. The first-order valence-corrected chi connectivity index (χ1v) is 10.3. The van der Waals surface area contributed by atoms with Crippen molar-refractivity contribution in [3.05, 3.63) is 63.9 Å².